The Labute approximate surface area is 102 Å². The van der Waals surface area contributed by atoms with E-state index in [2.05, 4.69) is 27.4 Å². The van der Waals surface area contributed by atoms with Crippen LogP contribution in [0.25, 0.3) is 0 Å². The van der Waals surface area contributed by atoms with Gasteiger partial charge in [-0.05, 0) is 31.7 Å². The molecule has 2 saturated carbocycles. The van der Waals surface area contributed by atoms with Gasteiger partial charge >= 0.3 is 0 Å². The summed E-state index contributed by atoms with van der Waals surface area (Å²) in [6, 6.07) is 2.72. The van der Waals surface area contributed by atoms with Crippen LogP contribution in [0, 0.1) is 0 Å². The van der Waals surface area contributed by atoms with Crippen LogP contribution < -0.4 is 5.32 Å². The molecule has 0 atom stereocenters. The summed E-state index contributed by atoms with van der Waals surface area (Å²) in [5, 5.41) is 17.3. The molecule has 4 nitrogen and oxygen atoms in total. The first-order valence-electron chi connectivity index (χ1n) is 6.71. The predicted octanol–water partition coefficient (Wildman–Crippen LogP) is 1.61. The maximum absolute atomic E-state index is 9.22. The van der Waals surface area contributed by atoms with Gasteiger partial charge in [-0.25, -0.2) is 0 Å². The van der Waals surface area contributed by atoms with Crippen LogP contribution in [0.5, 0.6) is 0 Å². The fourth-order valence-corrected chi connectivity index (χ4v) is 2.66. The summed E-state index contributed by atoms with van der Waals surface area (Å²) in [5.41, 5.74) is 1.11. The van der Waals surface area contributed by atoms with Gasteiger partial charge in [0.2, 0.25) is 0 Å². The second-order valence-electron chi connectivity index (χ2n) is 5.52. The Hall–Kier alpha value is -0.870. The maximum atomic E-state index is 9.22. The molecule has 2 aliphatic rings. The molecule has 1 aromatic rings. The SMILES string of the molecule is OCC1(NCc2ccn(C3CCCC3)n2)CC1. The van der Waals surface area contributed by atoms with Crippen molar-refractivity contribution in [2.24, 2.45) is 0 Å². The first kappa shape index (κ1) is 11.2. The zero-order valence-electron chi connectivity index (χ0n) is 10.2. The molecule has 0 unspecified atom stereocenters. The summed E-state index contributed by atoms with van der Waals surface area (Å²) in [6.07, 6.45) is 9.51. The normalized spacial score (nSPS) is 23.1. The molecule has 2 aliphatic carbocycles. The third-order valence-corrected chi connectivity index (χ3v) is 4.16. The molecule has 94 valence electrons. The summed E-state index contributed by atoms with van der Waals surface area (Å²) in [5.74, 6) is 0. The summed E-state index contributed by atoms with van der Waals surface area (Å²) in [7, 11) is 0. The Morgan fingerprint density at radius 3 is 2.82 bits per heavy atom. The van der Waals surface area contributed by atoms with Crippen molar-refractivity contribution in [3.05, 3.63) is 18.0 Å². The topological polar surface area (TPSA) is 50.1 Å². The third-order valence-electron chi connectivity index (χ3n) is 4.16. The minimum absolute atomic E-state index is 0.0111. The fraction of sp³-hybridized carbons (Fsp3) is 0.769. The van der Waals surface area contributed by atoms with Gasteiger partial charge in [-0.1, -0.05) is 12.8 Å². The van der Waals surface area contributed by atoms with Gasteiger partial charge in [0.25, 0.3) is 0 Å². The fourth-order valence-electron chi connectivity index (χ4n) is 2.66. The van der Waals surface area contributed by atoms with E-state index in [1.807, 2.05) is 0 Å². The van der Waals surface area contributed by atoms with Gasteiger partial charge in [0.15, 0.2) is 0 Å². The summed E-state index contributed by atoms with van der Waals surface area (Å²) in [4.78, 5) is 0. The molecule has 0 aromatic carbocycles. The van der Waals surface area contributed by atoms with Crippen LogP contribution in [0.1, 0.15) is 50.3 Å². The monoisotopic (exact) mass is 235 g/mol. The molecule has 1 aromatic heterocycles. The lowest BCUT2D eigenvalue weighted by molar-refractivity contribution is 0.229. The minimum atomic E-state index is 0.0111. The van der Waals surface area contributed by atoms with Crippen molar-refractivity contribution in [3.63, 3.8) is 0 Å². The molecular weight excluding hydrogens is 214 g/mol. The van der Waals surface area contributed by atoms with Crippen molar-refractivity contribution in [1.82, 2.24) is 15.1 Å². The number of hydrogen-bond donors (Lipinski definition) is 2. The van der Waals surface area contributed by atoms with Crippen molar-refractivity contribution < 1.29 is 5.11 Å². The summed E-state index contributed by atoms with van der Waals surface area (Å²) >= 11 is 0. The van der Waals surface area contributed by atoms with Gasteiger partial charge in [0, 0.05) is 18.3 Å². The van der Waals surface area contributed by atoms with E-state index < -0.39 is 0 Å². The lowest BCUT2D eigenvalue weighted by atomic mass is 10.3. The number of nitrogens with zero attached hydrogens (tertiary/aromatic N) is 2. The molecule has 0 bridgehead atoms. The lowest BCUT2D eigenvalue weighted by Crippen LogP contribution is -2.34. The van der Waals surface area contributed by atoms with Crippen molar-refractivity contribution in [3.8, 4) is 0 Å². The Kier molecular flexibility index (Phi) is 2.92. The molecule has 2 fully saturated rings. The van der Waals surface area contributed by atoms with E-state index in [1.54, 1.807) is 0 Å². The molecule has 17 heavy (non-hydrogen) atoms. The maximum Gasteiger partial charge on any atom is 0.0762 e. The number of aromatic nitrogens is 2. The van der Waals surface area contributed by atoms with Gasteiger partial charge in [0.05, 0.1) is 18.3 Å². The van der Waals surface area contributed by atoms with E-state index >= 15 is 0 Å². The molecule has 0 saturated heterocycles. The van der Waals surface area contributed by atoms with Crippen molar-refractivity contribution >= 4 is 0 Å². The van der Waals surface area contributed by atoms with Crippen molar-refractivity contribution in [1.29, 1.82) is 0 Å². The second-order valence-corrected chi connectivity index (χ2v) is 5.52. The Bertz CT molecular complexity index is 378. The van der Waals surface area contributed by atoms with Gasteiger partial charge in [0.1, 0.15) is 0 Å². The van der Waals surface area contributed by atoms with E-state index in [4.69, 9.17) is 0 Å². The minimum Gasteiger partial charge on any atom is -0.394 e. The van der Waals surface area contributed by atoms with Gasteiger partial charge in [-0.3, -0.25) is 4.68 Å². The van der Waals surface area contributed by atoms with E-state index in [-0.39, 0.29) is 12.1 Å². The average molecular weight is 235 g/mol. The van der Waals surface area contributed by atoms with E-state index in [0.29, 0.717) is 6.04 Å². The van der Waals surface area contributed by atoms with Crippen LogP contribution >= 0.6 is 0 Å². The third kappa shape index (κ3) is 2.38. The van der Waals surface area contributed by atoms with Crippen LogP contribution in [-0.2, 0) is 6.54 Å². The highest BCUT2D eigenvalue weighted by Crippen LogP contribution is 2.34. The Balaban J connectivity index is 1.57. The molecular formula is C13H21N3O. The predicted molar refractivity (Wildman–Crippen MR) is 65.6 cm³/mol. The molecule has 0 radical (unpaired) electrons. The highest BCUT2D eigenvalue weighted by Gasteiger charge is 2.41. The lowest BCUT2D eigenvalue weighted by Gasteiger charge is -2.13. The van der Waals surface area contributed by atoms with Crippen LogP contribution in [0.15, 0.2) is 12.3 Å². The summed E-state index contributed by atoms with van der Waals surface area (Å²) < 4.78 is 2.13. The number of hydrogen-bond acceptors (Lipinski definition) is 3. The zero-order chi connectivity index (χ0) is 11.7. The highest BCUT2D eigenvalue weighted by molar-refractivity contribution is 5.06. The van der Waals surface area contributed by atoms with Gasteiger partial charge in [-0.2, -0.15) is 5.10 Å². The number of nitrogens with one attached hydrogen (secondary N) is 1. The molecule has 1 heterocycles. The number of aliphatic hydroxyl groups is 1. The van der Waals surface area contributed by atoms with Crippen LogP contribution in [-0.4, -0.2) is 27.0 Å². The van der Waals surface area contributed by atoms with E-state index in [9.17, 15) is 5.11 Å². The molecule has 2 N–H and O–H groups in total. The first-order valence-corrected chi connectivity index (χ1v) is 6.71. The molecule has 4 heteroatoms. The van der Waals surface area contributed by atoms with E-state index in [0.717, 1.165) is 25.1 Å². The molecule has 0 spiro atoms. The molecule has 0 amide bonds. The first-order chi connectivity index (χ1) is 8.31. The van der Waals surface area contributed by atoms with Crippen LogP contribution in [0.4, 0.5) is 0 Å². The summed E-state index contributed by atoms with van der Waals surface area (Å²) in [6.45, 7) is 1.02. The number of aliphatic hydroxyl groups excluding tert-OH is 1. The highest BCUT2D eigenvalue weighted by atomic mass is 16.3. The van der Waals surface area contributed by atoms with Crippen molar-refractivity contribution in [2.75, 3.05) is 6.61 Å². The van der Waals surface area contributed by atoms with Gasteiger partial charge < -0.3 is 10.4 Å². The van der Waals surface area contributed by atoms with E-state index in [1.165, 1.54) is 25.7 Å². The Morgan fingerprint density at radius 2 is 2.18 bits per heavy atom. The van der Waals surface area contributed by atoms with Crippen LogP contribution in [0.2, 0.25) is 0 Å². The molecule has 0 aliphatic heterocycles. The van der Waals surface area contributed by atoms with Crippen LogP contribution in [0.3, 0.4) is 0 Å². The Morgan fingerprint density at radius 1 is 1.41 bits per heavy atom. The smallest absolute Gasteiger partial charge is 0.0762 e. The quantitative estimate of drug-likeness (QED) is 0.815. The number of rotatable bonds is 5. The zero-order valence-corrected chi connectivity index (χ0v) is 10.2. The van der Waals surface area contributed by atoms with Crippen molar-refractivity contribution in [2.45, 2.75) is 56.7 Å². The van der Waals surface area contributed by atoms with Gasteiger partial charge in [-0.15, -0.1) is 0 Å². The largest absolute Gasteiger partial charge is 0.394 e. The average Bonchev–Trinajstić information content (AvgIpc) is 2.81. The molecule has 3 rings (SSSR count). The second kappa shape index (κ2) is 4.42. The standard InChI is InChI=1S/C13H21N3O/c17-10-13(6-7-13)14-9-11-5-8-16(15-11)12-3-1-2-4-12/h5,8,12,14,17H,1-4,6-7,9-10H2.